The molecule has 0 saturated heterocycles. The number of aromatic nitrogens is 3. The van der Waals surface area contributed by atoms with E-state index in [1.165, 1.54) is 0 Å². The quantitative estimate of drug-likeness (QED) is 0.286. The lowest BCUT2D eigenvalue weighted by atomic mass is 10.1. The van der Waals surface area contributed by atoms with Crippen LogP contribution in [-0.4, -0.2) is 22.4 Å². The standard InChI is InChI=1S/C20H17N5O2/c1-9-13(27-3)7-6-12-16(9)25-18-15(14(19(25)21)20(22)26)23-10(2)11-5-4-8-24(12)17(11)18/h4-8,21H,1-3H3,(H2,22,26)/p+1. The second-order valence-electron chi connectivity index (χ2n) is 6.76. The van der Waals surface area contributed by atoms with E-state index < -0.39 is 5.91 Å². The number of hydrogen-bond acceptors (Lipinski definition) is 4. The molecular weight excluding hydrogens is 342 g/mol. The average Bonchev–Trinajstić information content (AvgIpc) is 2.94. The van der Waals surface area contributed by atoms with Gasteiger partial charge in [-0.2, -0.15) is 4.40 Å². The van der Waals surface area contributed by atoms with E-state index >= 15 is 0 Å². The lowest BCUT2D eigenvalue weighted by molar-refractivity contribution is -0.461. The predicted molar refractivity (Wildman–Crippen MR) is 104 cm³/mol. The van der Waals surface area contributed by atoms with Gasteiger partial charge < -0.3 is 14.9 Å². The van der Waals surface area contributed by atoms with Crippen molar-refractivity contribution in [2.75, 3.05) is 12.8 Å². The fourth-order valence-corrected chi connectivity index (χ4v) is 4.22. The summed E-state index contributed by atoms with van der Waals surface area (Å²) in [5.74, 6) is 0.450. The summed E-state index contributed by atoms with van der Waals surface area (Å²) in [6.45, 7) is 3.90. The Morgan fingerprint density at radius 1 is 1.22 bits per heavy atom. The number of amides is 1. The number of methoxy groups -OCH3 is 1. The maximum atomic E-state index is 12.2. The number of ether oxygens (including phenoxy) is 1. The highest BCUT2D eigenvalue weighted by molar-refractivity contribution is 6.14. The minimum Gasteiger partial charge on any atom is -0.496 e. The van der Waals surface area contributed by atoms with Crippen molar-refractivity contribution in [2.24, 2.45) is 5.73 Å². The van der Waals surface area contributed by atoms with E-state index in [-0.39, 0.29) is 5.56 Å². The summed E-state index contributed by atoms with van der Waals surface area (Å²) in [5.41, 5.74) is 18.2. The van der Waals surface area contributed by atoms with E-state index in [1.807, 2.05) is 48.7 Å². The summed E-state index contributed by atoms with van der Waals surface area (Å²) in [4.78, 5) is 16.9. The fourth-order valence-electron chi connectivity index (χ4n) is 4.22. The number of fused-ring (bicyclic) bond motifs is 3. The SMILES string of the molecule is COc1ccc2c(c1C)[n+]1c(N)c(C(N)=O)c3nc(C)c4cccn2c4c31. The maximum absolute atomic E-state index is 12.2. The molecule has 1 aromatic carbocycles. The number of carbonyl (C=O) groups excluding carboxylic acids is 1. The van der Waals surface area contributed by atoms with Crippen molar-refractivity contribution in [3.05, 3.63) is 47.3 Å². The Morgan fingerprint density at radius 3 is 2.70 bits per heavy atom. The Kier molecular flexibility index (Phi) is 2.88. The molecule has 4 aromatic heterocycles. The number of primary amides is 1. The highest BCUT2D eigenvalue weighted by Crippen LogP contribution is 2.35. The van der Waals surface area contributed by atoms with Crippen molar-refractivity contribution in [3.8, 4) is 5.75 Å². The molecular formula is C20H18N5O2+. The topological polar surface area (TPSA) is 99.7 Å². The van der Waals surface area contributed by atoms with Gasteiger partial charge in [-0.05, 0) is 38.1 Å². The van der Waals surface area contributed by atoms with Crippen molar-refractivity contribution in [2.45, 2.75) is 13.8 Å². The number of anilines is 1. The molecule has 0 radical (unpaired) electrons. The number of aryl methyl sites for hydroxylation is 2. The second-order valence-corrected chi connectivity index (χ2v) is 6.76. The van der Waals surface area contributed by atoms with Gasteiger partial charge in [0.2, 0.25) is 0 Å². The number of carbonyl (C=O) groups is 1. The molecule has 0 bridgehead atoms. The van der Waals surface area contributed by atoms with Crippen LogP contribution >= 0.6 is 0 Å². The third kappa shape index (κ3) is 1.73. The van der Waals surface area contributed by atoms with E-state index in [1.54, 1.807) is 7.11 Å². The lowest BCUT2D eigenvalue weighted by Gasteiger charge is -2.14. The van der Waals surface area contributed by atoms with Crippen LogP contribution in [0.15, 0.2) is 30.5 Å². The van der Waals surface area contributed by atoms with Gasteiger partial charge in [-0.15, -0.1) is 0 Å². The highest BCUT2D eigenvalue weighted by Gasteiger charge is 2.31. The Bertz CT molecular complexity index is 1420. The summed E-state index contributed by atoms with van der Waals surface area (Å²) in [6.07, 6.45) is 2.00. The van der Waals surface area contributed by atoms with Crippen LogP contribution < -0.4 is 20.6 Å². The molecule has 4 heterocycles. The first-order chi connectivity index (χ1) is 13.0. The van der Waals surface area contributed by atoms with Gasteiger partial charge in [0.25, 0.3) is 11.7 Å². The molecule has 0 aliphatic heterocycles. The zero-order valence-corrected chi connectivity index (χ0v) is 15.2. The van der Waals surface area contributed by atoms with Crippen LogP contribution in [0.4, 0.5) is 5.82 Å². The molecule has 1 amide bonds. The zero-order chi connectivity index (χ0) is 19.0. The second kappa shape index (κ2) is 4.97. The molecule has 0 fully saturated rings. The van der Waals surface area contributed by atoms with Gasteiger partial charge in [-0.25, -0.2) is 4.98 Å². The molecule has 27 heavy (non-hydrogen) atoms. The minimum absolute atomic E-state index is 0.250. The minimum atomic E-state index is -0.589. The van der Waals surface area contributed by atoms with E-state index in [9.17, 15) is 4.79 Å². The van der Waals surface area contributed by atoms with Crippen LogP contribution in [0.3, 0.4) is 0 Å². The Balaban J connectivity index is 2.26. The van der Waals surface area contributed by atoms with E-state index in [0.717, 1.165) is 44.5 Å². The monoisotopic (exact) mass is 360 g/mol. The van der Waals surface area contributed by atoms with Gasteiger partial charge in [-0.1, -0.05) is 0 Å². The van der Waals surface area contributed by atoms with Crippen molar-refractivity contribution < 1.29 is 13.9 Å². The molecule has 0 saturated carbocycles. The molecule has 134 valence electrons. The Morgan fingerprint density at radius 2 is 2.00 bits per heavy atom. The molecule has 7 nitrogen and oxygen atoms in total. The van der Waals surface area contributed by atoms with Crippen molar-refractivity contribution >= 4 is 44.7 Å². The summed E-state index contributed by atoms with van der Waals surface area (Å²) >= 11 is 0. The molecule has 4 N–H and O–H groups in total. The molecule has 0 unspecified atom stereocenters. The average molecular weight is 360 g/mol. The van der Waals surface area contributed by atoms with Crippen molar-refractivity contribution in [3.63, 3.8) is 0 Å². The van der Waals surface area contributed by atoms with Crippen LogP contribution in [0.1, 0.15) is 21.6 Å². The van der Waals surface area contributed by atoms with E-state index in [4.69, 9.17) is 16.2 Å². The largest absolute Gasteiger partial charge is 0.496 e. The maximum Gasteiger partial charge on any atom is 0.293 e. The fraction of sp³-hybridized carbons (Fsp3) is 0.150. The molecule has 5 aromatic rings. The van der Waals surface area contributed by atoms with Gasteiger partial charge >= 0.3 is 0 Å². The van der Waals surface area contributed by atoms with E-state index in [2.05, 4.69) is 9.38 Å². The van der Waals surface area contributed by atoms with Crippen LogP contribution in [0.25, 0.3) is 33.0 Å². The van der Waals surface area contributed by atoms with Crippen LogP contribution in [0.5, 0.6) is 5.75 Å². The highest BCUT2D eigenvalue weighted by atomic mass is 16.5. The molecule has 0 atom stereocenters. The first-order valence-corrected chi connectivity index (χ1v) is 8.58. The molecule has 5 rings (SSSR count). The number of nitrogen functional groups attached to an aromatic ring is 1. The van der Waals surface area contributed by atoms with E-state index in [0.29, 0.717) is 11.3 Å². The number of nitrogens with zero attached hydrogens (tertiary/aromatic N) is 3. The smallest absolute Gasteiger partial charge is 0.293 e. The Labute approximate surface area is 154 Å². The van der Waals surface area contributed by atoms with Gasteiger partial charge in [0, 0.05) is 22.8 Å². The first kappa shape index (κ1) is 15.6. The number of rotatable bonds is 2. The molecule has 7 heteroatoms. The first-order valence-electron chi connectivity index (χ1n) is 8.58. The number of hydrogen-bond donors (Lipinski definition) is 2. The van der Waals surface area contributed by atoms with Crippen LogP contribution in [-0.2, 0) is 0 Å². The molecule has 0 aliphatic rings. The van der Waals surface area contributed by atoms with Crippen LogP contribution in [0, 0.1) is 13.8 Å². The third-order valence-electron chi connectivity index (χ3n) is 5.38. The zero-order valence-electron chi connectivity index (χ0n) is 15.2. The Hall–Kier alpha value is -3.61. The summed E-state index contributed by atoms with van der Waals surface area (Å²) < 4.78 is 9.51. The van der Waals surface area contributed by atoms with Gasteiger partial charge in [0.1, 0.15) is 16.8 Å². The normalized spacial score (nSPS) is 12.0. The third-order valence-corrected chi connectivity index (χ3v) is 5.38. The summed E-state index contributed by atoms with van der Waals surface area (Å²) in [6, 6.07) is 7.94. The lowest BCUT2D eigenvalue weighted by Crippen LogP contribution is -2.28. The molecule has 0 aliphatic carbocycles. The van der Waals surface area contributed by atoms with Crippen molar-refractivity contribution in [1.82, 2.24) is 9.38 Å². The summed E-state index contributed by atoms with van der Waals surface area (Å²) in [7, 11) is 1.63. The van der Waals surface area contributed by atoms with Gasteiger partial charge in [0.15, 0.2) is 16.6 Å². The number of benzene rings is 1. The predicted octanol–water partition coefficient (Wildman–Crippen LogP) is 2.12. The number of pyridine rings is 2. The van der Waals surface area contributed by atoms with Crippen LogP contribution in [0.2, 0.25) is 0 Å². The summed E-state index contributed by atoms with van der Waals surface area (Å²) in [5, 5.41) is 0.999. The number of nitrogens with two attached hydrogens (primary N) is 2. The van der Waals surface area contributed by atoms with Crippen molar-refractivity contribution in [1.29, 1.82) is 0 Å². The van der Waals surface area contributed by atoms with Gasteiger partial charge in [0.05, 0.1) is 12.6 Å². The molecule has 0 spiro atoms. The van der Waals surface area contributed by atoms with Gasteiger partial charge in [-0.3, -0.25) is 10.5 Å².